The second-order valence-corrected chi connectivity index (χ2v) is 5.66. The molecule has 2 atom stereocenters. The topological polar surface area (TPSA) is 34.2 Å². The summed E-state index contributed by atoms with van der Waals surface area (Å²) < 4.78 is 5.58. The molecule has 1 aliphatic rings. The van der Waals surface area contributed by atoms with Gasteiger partial charge in [0.05, 0.1) is 17.3 Å². The average molecular weight is 240 g/mol. The molecule has 1 aromatic heterocycles. The molecule has 90 valence electrons. The van der Waals surface area contributed by atoms with Crippen LogP contribution in [-0.4, -0.2) is 25.2 Å². The fraction of sp³-hybridized carbons (Fsp3) is 0.750. The molecule has 2 heterocycles. The zero-order valence-corrected chi connectivity index (χ0v) is 11.1. The summed E-state index contributed by atoms with van der Waals surface area (Å²) in [6.45, 7) is 5.98. The molecule has 0 aromatic carbocycles. The van der Waals surface area contributed by atoms with Gasteiger partial charge >= 0.3 is 0 Å². The molecule has 0 saturated carbocycles. The maximum absolute atomic E-state index is 5.58. The Kier molecular flexibility index (Phi) is 3.95. The van der Waals surface area contributed by atoms with Crippen LogP contribution in [0.5, 0.6) is 0 Å². The maximum atomic E-state index is 5.58. The predicted octanol–water partition coefficient (Wildman–Crippen LogP) is 2.45. The van der Waals surface area contributed by atoms with Crippen LogP contribution in [0.4, 0.5) is 0 Å². The summed E-state index contributed by atoms with van der Waals surface area (Å²) in [5, 5.41) is 4.59. The predicted molar refractivity (Wildman–Crippen MR) is 66.9 cm³/mol. The largest absolute Gasteiger partial charge is 0.381 e. The Morgan fingerprint density at radius 1 is 1.50 bits per heavy atom. The van der Waals surface area contributed by atoms with Crippen molar-refractivity contribution in [2.24, 2.45) is 5.92 Å². The van der Waals surface area contributed by atoms with Crippen molar-refractivity contribution >= 4 is 11.3 Å². The number of hydrogen-bond acceptors (Lipinski definition) is 4. The van der Waals surface area contributed by atoms with Crippen LogP contribution in [0.15, 0.2) is 0 Å². The lowest BCUT2D eigenvalue weighted by Crippen LogP contribution is -2.31. The normalized spacial score (nSPS) is 23.3. The number of aromatic nitrogens is 1. The van der Waals surface area contributed by atoms with Crippen LogP contribution in [0.1, 0.15) is 34.5 Å². The molecule has 0 radical (unpaired) electrons. The molecule has 16 heavy (non-hydrogen) atoms. The number of thiazole rings is 1. The van der Waals surface area contributed by atoms with Crippen molar-refractivity contribution in [3.63, 3.8) is 0 Å². The Bertz CT molecular complexity index is 345. The van der Waals surface area contributed by atoms with E-state index in [9.17, 15) is 0 Å². The summed E-state index contributed by atoms with van der Waals surface area (Å²) in [5.41, 5.74) is 1.17. The Morgan fingerprint density at radius 3 is 2.81 bits per heavy atom. The van der Waals surface area contributed by atoms with Crippen LogP contribution in [0.25, 0.3) is 0 Å². The monoisotopic (exact) mass is 240 g/mol. The standard InChI is InChI=1S/C12H20N2OS/c1-8-12(16-9(2)14-8)11(13-3)10-5-4-6-15-7-10/h10-11,13H,4-7H2,1-3H3. The van der Waals surface area contributed by atoms with E-state index in [-0.39, 0.29) is 0 Å². The van der Waals surface area contributed by atoms with Crippen LogP contribution in [0.2, 0.25) is 0 Å². The highest BCUT2D eigenvalue weighted by Crippen LogP contribution is 2.33. The highest BCUT2D eigenvalue weighted by Gasteiger charge is 2.27. The van der Waals surface area contributed by atoms with Crippen LogP contribution in [0.3, 0.4) is 0 Å². The van der Waals surface area contributed by atoms with Crippen molar-refractivity contribution in [3.05, 3.63) is 15.6 Å². The summed E-state index contributed by atoms with van der Waals surface area (Å²) in [4.78, 5) is 5.90. The first-order valence-corrected chi connectivity index (χ1v) is 6.73. The summed E-state index contributed by atoms with van der Waals surface area (Å²) in [7, 11) is 2.04. The van der Waals surface area contributed by atoms with E-state index >= 15 is 0 Å². The number of nitrogens with zero attached hydrogens (tertiary/aromatic N) is 1. The van der Waals surface area contributed by atoms with Gasteiger partial charge in [-0.25, -0.2) is 4.98 Å². The summed E-state index contributed by atoms with van der Waals surface area (Å²) >= 11 is 1.81. The minimum Gasteiger partial charge on any atom is -0.381 e. The molecule has 1 N–H and O–H groups in total. The van der Waals surface area contributed by atoms with E-state index < -0.39 is 0 Å². The minimum atomic E-state index is 0.409. The SMILES string of the molecule is CNC(c1sc(C)nc1C)C1CCCOC1. The molecule has 2 unspecified atom stereocenters. The lowest BCUT2D eigenvalue weighted by Gasteiger charge is -2.29. The summed E-state index contributed by atoms with van der Waals surface area (Å²) in [5.74, 6) is 0.595. The van der Waals surface area contributed by atoms with E-state index in [1.54, 1.807) is 0 Å². The summed E-state index contributed by atoms with van der Waals surface area (Å²) in [6.07, 6.45) is 2.43. The molecule has 1 fully saturated rings. The zero-order valence-electron chi connectivity index (χ0n) is 10.2. The highest BCUT2D eigenvalue weighted by atomic mass is 32.1. The second kappa shape index (κ2) is 5.25. The lowest BCUT2D eigenvalue weighted by atomic mass is 9.92. The molecule has 0 amide bonds. The van der Waals surface area contributed by atoms with Crippen LogP contribution in [0, 0.1) is 19.8 Å². The zero-order chi connectivity index (χ0) is 11.5. The first-order chi connectivity index (χ1) is 7.72. The van der Waals surface area contributed by atoms with Crippen molar-refractivity contribution in [3.8, 4) is 0 Å². The van der Waals surface area contributed by atoms with Gasteiger partial charge in [-0.2, -0.15) is 0 Å². The van der Waals surface area contributed by atoms with E-state index in [0.29, 0.717) is 12.0 Å². The quantitative estimate of drug-likeness (QED) is 0.881. The van der Waals surface area contributed by atoms with Gasteiger partial charge < -0.3 is 10.1 Å². The van der Waals surface area contributed by atoms with Gasteiger partial charge in [0, 0.05) is 23.4 Å². The van der Waals surface area contributed by atoms with Gasteiger partial charge in [-0.05, 0) is 33.7 Å². The molecule has 2 rings (SSSR count). The second-order valence-electron chi connectivity index (χ2n) is 4.43. The fourth-order valence-corrected chi connectivity index (χ4v) is 3.58. The maximum Gasteiger partial charge on any atom is 0.0900 e. The fourth-order valence-electron chi connectivity index (χ4n) is 2.44. The molecule has 1 aliphatic heterocycles. The van der Waals surface area contributed by atoms with Gasteiger partial charge in [0.2, 0.25) is 0 Å². The van der Waals surface area contributed by atoms with E-state index in [0.717, 1.165) is 18.2 Å². The molecule has 0 spiro atoms. The van der Waals surface area contributed by atoms with Crippen molar-refractivity contribution in [1.82, 2.24) is 10.3 Å². The number of aryl methyl sites for hydroxylation is 2. The number of hydrogen-bond donors (Lipinski definition) is 1. The highest BCUT2D eigenvalue weighted by molar-refractivity contribution is 7.11. The summed E-state index contributed by atoms with van der Waals surface area (Å²) in [6, 6.07) is 0.409. The van der Waals surface area contributed by atoms with Crippen molar-refractivity contribution in [1.29, 1.82) is 0 Å². The minimum absolute atomic E-state index is 0.409. The third-order valence-electron chi connectivity index (χ3n) is 3.20. The van der Waals surface area contributed by atoms with E-state index in [1.807, 2.05) is 18.4 Å². The van der Waals surface area contributed by atoms with Gasteiger partial charge in [-0.3, -0.25) is 0 Å². The van der Waals surface area contributed by atoms with Crippen LogP contribution in [-0.2, 0) is 4.74 Å². The molecule has 4 heteroatoms. The molecule has 0 aliphatic carbocycles. The smallest absolute Gasteiger partial charge is 0.0900 e. The number of rotatable bonds is 3. The first kappa shape index (κ1) is 12.0. The molecule has 0 bridgehead atoms. The van der Waals surface area contributed by atoms with Crippen molar-refractivity contribution in [2.75, 3.05) is 20.3 Å². The number of nitrogens with one attached hydrogen (secondary N) is 1. The third kappa shape index (κ3) is 2.44. The van der Waals surface area contributed by atoms with Crippen LogP contribution < -0.4 is 5.32 Å². The molecule has 1 saturated heterocycles. The van der Waals surface area contributed by atoms with Gasteiger partial charge in [0.25, 0.3) is 0 Å². The van der Waals surface area contributed by atoms with E-state index in [2.05, 4.69) is 24.1 Å². The molecular formula is C12H20N2OS. The average Bonchev–Trinajstić information content (AvgIpc) is 2.61. The molecular weight excluding hydrogens is 220 g/mol. The van der Waals surface area contributed by atoms with Crippen molar-refractivity contribution in [2.45, 2.75) is 32.7 Å². The third-order valence-corrected chi connectivity index (χ3v) is 4.36. The molecule has 3 nitrogen and oxygen atoms in total. The van der Waals surface area contributed by atoms with Crippen molar-refractivity contribution < 1.29 is 4.74 Å². The van der Waals surface area contributed by atoms with Gasteiger partial charge in [-0.1, -0.05) is 0 Å². The number of ether oxygens (including phenoxy) is 1. The van der Waals surface area contributed by atoms with Crippen LogP contribution >= 0.6 is 11.3 Å². The Balaban J connectivity index is 2.17. The van der Waals surface area contributed by atoms with E-state index in [1.165, 1.54) is 23.4 Å². The van der Waals surface area contributed by atoms with Gasteiger partial charge in [0.1, 0.15) is 0 Å². The van der Waals surface area contributed by atoms with Gasteiger partial charge in [0.15, 0.2) is 0 Å². The van der Waals surface area contributed by atoms with E-state index in [4.69, 9.17) is 4.74 Å². The Hall–Kier alpha value is -0.450. The lowest BCUT2D eigenvalue weighted by molar-refractivity contribution is 0.0406. The molecule has 1 aromatic rings. The first-order valence-electron chi connectivity index (χ1n) is 5.91. The Labute approximate surface area is 101 Å². The Morgan fingerprint density at radius 2 is 2.31 bits per heavy atom. The van der Waals surface area contributed by atoms with Gasteiger partial charge in [-0.15, -0.1) is 11.3 Å².